The maximum atomic E-state index is 12.7. The van der Waals surface area contributed by atoms with Gasteiger partial charge in [0.25, 0.3) is 0 Å². The van der Waals surface area contributed by atoms with E-state index in [1.165, 1.54) is 5.57 Å². The molecule has 0 atom stereocenters. The standard InChI is InChI=1S/C26H36BrNO3S/c1-9-31-24(30)26(7,8)15-22-23(32-25(4,5)6)20-14-19(29)12-13-21(20)28(22)16-17(2)10-11-18(3)27/h10-14,29H,9,15-16H2,1-8H3/b17-10+,18-11+. The smallest absolute Gasteiger partial charge is 0.311 e. The molecule has 0 aliphatic carbocycles. The van der Waals surface area contributed by atoms with Gasteiger partial charge in [-0.3, -0.25) is 4.79 Å². The molecule has 32 heavy (non-hydrogen) atoms. The molecular weight excluding hydrogens is 486 g/mol. The van der Waals surface area contributed by atoms with Crippen LogP contribution in [0.15, 0.2) is 45.3 Å². The molecule has 0 saturated carbocycles. The molecule has 1 heterocycles. The van der Waals surface area contributed by atoms with Crippen molar-refractivity contribution in [3.63, 3.8) is 0 Å². The van der Waals surface area contributed by atoms with Gasteiger partial charge in [0.15, 0.2) is 0 Å². The summed E-state index contributed by atoms with van der Waals surface area (Å²) in [6.07, 6.45) is 4.69. The maximum Gasteiger partial charge on any atom is 0.311 e. The van der Waals surface area contributed by atoms with E-state index in [4.69, 9.17) is 4.74 Å². The number of aromatic hydroxyl groups is 1. The average Bonchev–Trinajstić information content (AvgIpc) is 2.91. The van der Waals surface area contributed by atoms with Crippen LogP contribution in [0, 0.1) is 5.41 Å². The molecule has 2 rings (SSSR count). The SMILES string of the molecule is CCOC(=O)C(C)(C)Cc1c(SC(C)(C)C)c2cc(O)ccc2n1C/C(C)=C/C=C(\C)Br. The van der Waals surface area contributed by atoms with E-state index >= 15 is 0 Å². The number of phenols is 1. The van der Waals surface area contributed by atoms with Crippen molar-refractivity contribution in [1.29, 1.82) is 0 Å². The van der Waals surface area contributed by atoms with Crippen LogP contribution >= 0.6 is 27.7 Å². The molecule has 4 nitrogen and oxygen atoms in total. The lowest BCUT2D eigenvalue weighted by molar-refractivity contribution is -0.153. The van der Waals surface area contributed by atoms with Gasteiger partial charge in [0.05, 0.1) is 12.0 Å². The van der Waals surface area contributed by atoms with Crippen LogP contribution in [0.1, 0.15) is 61.1 Å². The highest BCUT2D eigenvalue weighted by molar-refractivity contribution is 9.11. The van der Waals surface area contributed by atoms with E-state index in [1.54, 1.807) is 17.8 Å². The Morgan fingerprint density at radius 3 is 2.41 bits per heavy atom. The van der Waals surface area contributed by atoms with Gasteiger partial charge in [0.2, 0.25) is 0 Å². The number of benzene rings is 1. The molecule has 0 bridgehead atoms. The topological polar surface area (TPSA) is 51.5 Å². The fourth-order valence-corrected chi connectivity index (χ4v) is 4.84. The van der Waals surface area contributed by atoms with Gasteiger partial charge in [-0.05, 0) is 57.3 Å². The molecule has 176 valence electrons. The molecule has 1 aromatic heterocycles. The third-order valence-corrected chi connectivity index (χ3v) is 6.49. The van der Waals surface area contributed by atoms with E-state index in [1.807, 2.05) is 45.9 Å². The molecule has 1 aromatic carbocycles. The maximum absolute atomic E-state index is 12.7. The number of thioether (sulfide) groups is 1. The summed E-state index contributed by atoms with van der Waals surface area (Å²) in [5, 5.41) is 11.3. The molecule has 0 radical (unpaired) electrons. The number of rotatable bonds is 8. The lowest BCUT2D eigenvalue weighted by atomic mass is 9.87. The minimum Gasteiger partial charge on any atom is -0.508 e. The van der Waals surface area contributed by atoms with Crippen molar-refractivity contribution < 1.29 is 14.6 Å². The van der Waals surface area contributed by atoms with Crippen LogP contribution in [-0.2, 0) is 22.5 Å². The number of aromatic nitrogens is 1. The highest BCUT2D eigenvalue weighted by atomic mass is 79.9. The van der Waals surface area contributed by atoms with Gasteiger partial charge in [0, 0.05) is 39.2 Å². The summed E-state index contributed by atoms with van der Waals surface area (Å²) < 4.78 is 8.69. The second kappa shape index (κ2) is 10.5. The molecule has 0 unspecified atom stereocenters. The van der Waals surface area contributed by atoms with Crippen molar-refractivity contribution in [2.24, 2.45) is 5.41 Å². The molecule has 0 amide bonds. The number of fused-ring (bicyclic) bond motifs is 1. The molecule has 0 saturated heterocycles. The lowest BCUT2D eigenvalue weighted by Crippen LogP contribution is -2.30. The van der Waals surface area contributed by atoms with E-state index < -0.39 is 5.41 Å². The van der Waals surface area contributed by atoms with Crippen LogP contribution in [0.3, 0.4) is 0 Å². The zero-order chi connectivity index (χ0) is 24.3. The predicted molar refractivity (Wildman–Crippen MR) is 140 cm³/mol. The normalized spacial score (nSPS) is 13.7. The first-order chi connectivity index (χ1) is 14.7. The molecule has 0 spiro atoms. The van der Waals surface area contributed by atoms with Crippen LogP contribution in [0.25, 0.3) is 10.9 Å². The first-order valence-corrected chi connectivity index (χ1v) is 12.6. The highest BCUT2D eigenvalue weighted by Crippen LogP contribution is 2.44. The number of nitrogens with zero attached hydrogens (tertiary/aromatic N) is 1. The Balaban J connectivity index is 2.75. The van der Waals surface area contributed by atoms with E-state index in [2.05, 4.69) is 54.3 Å². The fraction of sp³-hybridized carbons (Fsp3) is 0.500. The van der Waals surface area contributed by atoms with Crippen molar-refractivity contribution in [3.8, 4) is 5.75 Å². The van der Waals surface area contributed by atoms with Gasteiger partial charge >= 0.3 is 5.97 Å². The van der Waals surface area contributed by atoms with Crippen molar-refractivity contribution in [3.05, 3.63) is 46.1 Å². The van der Waals surface area contributed by atoms with Gasteiger partial charge in [-0.2, -0.15) is 0 Å². The monoisotopic (exact) mass is 521 g/mol. The molecule has 0 aliphatic rings. The number of allylic oxidation sites excluding steroid dienone is 4. The second-order valence-corrected chi connectivity index (χ2v) is 12.9. The van der Waals surface area contributed by atoms with Crippen molar-refractivity contribution in [2.45, 2.75) is 78.0 Å². The number of carbonyl (C=O) groups is 1. The van der Waals surface area contributed by atoms with Gasteiger partial charge in [-0.1, -0.05) is 54.4 Å². The minimum absolute atomic E-state index is 0.0336. The summed E-state index contributed by atoms with van der Waals surface area (Å²) in [5.41, 5.74) is 2.66. The Morgan fingerprint density at radius 1 is 1.19 bits per heavy atom. The van der Waals surface area contributed by atoms with Gasteiger partial charge in [-0.25, -0.2) is 0 Å². The highest BCUT2D eigenvalue weighted by Gasteiger charge is 2.34. The first-order valence-electron chi connectivity index (χ1n) is 10.9. The number of ether oxygens (including phenoxy) is 1. The molecule has 0 aliphatic heterocycles. The molecule has 6 heteroatoms. The Kier molecular flexibility index (Phi) is 8.74. The Labute approximate surface area is 205 Å². The third-order valence-electron chi connectivity index (χ3n) is 4.95. The number of carbonyl (C=O) groups excluding carboxylic acids is 1. The van der Waals surface area contributed by atoms with Crippen LogP contribution < -0.4 is 0 Å². The number of esters is 1. The molecule has 2 aromatic rings. The van der Waals surface area contributed by atoms with Gasteiger partial charge < -0.3 is 14.4 Å². The zero-order valence-corrected chi connectivity index (χ0v) is 22.9. The van der Waals surface area contributed by atoms with E-state index in [9.17, 15) is 9.90 Å². The largest absolute Gasteiger partial charge is 0.508 e. The molecule has 0 fully saturated rings. The molecule has 1 N–H and O–H groups in total. The van der Waals surface area contributed by atoms with Crippen LogP contribution in [0.4, 0.5) is 0 Å². The predicted octanol–water partition coefficient (Wildman–Crippen LogP) is 7.61. The fourth-order valence-electron chi connectivity index (χ4n) is 3.52. The third kappa shape index (κ3) is 6.92. The zero-order valence-electron chi connectivity index (χ0n) is 20.5. The van der Waals surface area contributed by atoms with E-state index in [0.29, 0.717) is 19.6 Å². The Bertz CT molecular complexity index is 1040. The van der Waals surface area contributed by atoms with Crippen LogP contribution in [0.5, 0.6) is 5.75 Å². The Hall–Kier alpha value is -1.66. The number of halogens is 1. The van der Waals surface area contributed by atoms with Crippen LogP contribution in [-0.4, -0.2) is 27.0 Å². The summed E-state index contributed by atoms with van der Waals surface area (Å²) in [5.74, 6) is 0.0446. The number of phenolic OH excluding ortho intramolecular Hbond substituents is 1. The average molecular weight is 523 g/mol. The summed E-state index contributed by atoms with van der Waals surface area (Å²) >= 11 is 5.26. The summed E-state index contributed by atoms with van der Waals surface area (Å²) in [4.78, 5) is 13.9. The Morgan fingerprint density at radius 2 is 1.84 bits per heavy atom. The van der Waals surface area contributed by atoms with E-state index in [-0.39, 0.29) is 16.5 Å². The summed E-state index contributed by atoms with van der Waals surface area (Å²) in [6.45, 7) is 17.4. The quantitative estimate of drug-likeness (QED) is 0.220. The second-order valence-electron chi connectivity index (χ2n) is 9.83. The summed E-state index contributed by atoms with van der Waals surface area (Å²) in [6, 6.07) is 5.53. The minimum atomic E-state index is -0.679. The van der Waals surface area contributed by atoms with Crippen LogP contribution in [0.2, 0.25) is 0 Å². The molecular formula is C26H36BrNO3S. The van der Waals surface area contributed by atoms with E-state index in [0.717, 1.165) is 26.0 Å². The summed E-state index contributed by atoms with van der Waals surface area (Å²) in [7, 11) is 0. The number of hydrogen-bond acceptors (Lipinski definition) is 4. The first kappa shape index (κ1) is 26.6. The number of hydrogen-bond donors (Lipinski definition) is 1. The van der Waals surface area contributed by atoms with Crippen molar-refractivity contribution >= 4 is 44.6 Å². The van der Waals surface area contributed by atoms with Gasteiger partial charge in [0.1, 0.15) is 5.75 Å². The van der Waals surface area contributed by atoms with Gasteiger partial charge in [-0.15, -0.1) is 11.8 Å². The lowest BCUT2D eigenvalue weighted by Gasteiger charge is -2.26. The van der Waals surface area contributed by atoms with Crippen molar-refractivity contribution in [2.75, 3.05) is 6.61 Å². The van der Waals surface area contributed by atoms with Crippen molar-refractivity contribution in [1.82, 2.24) is 4.57 Å².